The largest absolute Gasteiger partial charge is 0.491 e. The number of hydroxylamine groups is 2. The molecular weight excluding hydrogens is 611 g/mol. The van der Waals surface area contributed by atoms with Crippen molar-refractivity contribution in [2.45, 2.75) is 45.5 Å². The molecule has 15 heteroatoms. The number of carbonyl (C=O) groups excluding carboxylic acids is 4. The maximum Gasteiger partial charge on any atom is 0.473 e. The van der Waals surface area contributed by atoms with Gasteiger partial charge >= 0.3 is 18.2 Å². The van der Waals surface area contributed by atoms with Gasteiger partial charge in [-0.25, -0.2) is 4.79 Å². The fourth-order valence-electron chi connectivity index (χ4n) is 5.27. The maximum atomic E-state index is 13.2. The highest BCUT2D eigenvalue weighted by Gasteiger charge is 2.41. The first-order valence-corrected chi connectivity index (χ1v) is 14.7. The zero-order chi connectivity index (χ0) is 33.2. The number of ether oxygens (including phenoxy) is 2. The van der Waals surface area contributed by atoms with Gasteiger partial charge in [0, 0.05) is 39.3 Å². The average molecular weight is 646 g/mol. The minimum absolute atomic E-state index is 0.0456. The zero-order valence-electron chi connectivity index (χ0n) is 25.6. The summed E-state index contributed by atoms with van der Waals surface area (Å²) in [6.07, 6.45) is -5.21. The summed E-state index contributed by atoms with van der Waals surface area (Å²) in [6, 6.07) is 11.7. The van der Waals surface area contributed by atoms with Crippen LogP contribution in [0.1, 0.15) is 52.6 Å². The van der Waals surface area contributed by atoms with Crippen molar-refractivity contribution in [3.05, 3.63) is 64.7 Å². The van der Waals surface area contributed by atoms with Crippen molar-refractivity contribution in [2.24, 2.45) is 4.99 Å². The van der Waals surface area contributed by atoms with Crippen LogP contribution in [0.4, 0.5) is 18.0 Å². The smallest absolute Gasteiger partial charge is 0.473 e. The molecule has 1 saturated heterocycles. The molecule has 0 aliphatic carbocycles. The molecule has 46 heavy (non-hydrogen) atoms. The molecule has 0 spiro atoms. The van der Waals surface area contributed by atoms with Crippen LogP contribution in [0.5, 0.6) is 5.75 Å². The van der Waals surface area contributed by atoms with E-state index in [0.717, 1.165) is 16.2 Å². The summed E-state index contributed by atoms with van der Waals surface area (Å²) in [7, 11) is 0. The molecule has 0 N–H and O–H groups in total. The molecular formula is C31H34F3N5O7. The standard InChI is InChI=1S/C31H34F3N5O7/c1-30(2,3)46-29(43)37-14-12-36(13-15-37)28(35-27(42)31(32,33)34)38-11-10-20-18-22(9-8-21(20)19-38)44-16-17-45-39-25(40)23-6-4-5-7-24(23)26(39)41/h4-9,18H,10-17,19H2,1-3H3/b35-28-. The van der Waals surface area contributed by atoms with Gasteiger partial charge in [-0.05, 0) is 62.6 Å². The van der Waals surface area contributed by atoms with Crippen LogP contribution in [0, 0.1) is 0 Å². The lowest BCUT2D eigenvalue weighted by Crippen LogP contribution is -2.56. The van der Waals surface area contributed by atoms with Gasteiger partial charge in [0.25, 0.3) is 11.8 Å². The molecule has 3 aliphatic rings. The molecule has 2 aromatic rings. The van der Waals surface area contributed by atoms with Crippen molar-refractivity contribution in [1.29, 1.82) is 0 Å². The van der Waals surface area contributed by atoms with Gasteiger partial charge in [0.05, 0.1) is 11.1 Å². The summed E-state index contributed by atoms with van der Waals surface area (Å²) in [5, 5.41) is 0.718. The SMILES string of the molecule is CC(C)(C)OC(=O)N1CCN(/C(=N/C(=O)C(F)(F)F)N2CCc3cc(OCCON4C(=O)c5ccccc5C4=O)ccc3C2)CC1. The van der Waals surface area contributed by atoms with E-state index < -0.39 is 35.6 Å². The van der Waals surface area contributed by atoms with E-state index in [1.165, 1.54) is 4.90 Å². The van der Waals surface area contributed by atoms with E-state index in [0.29, 0.717) is 12.2 Å². The third kappa shape index (κ3) is 7.41. The van der Waals surface area contributed by atoms with Crippen LogP contribution < -0.4 is 4.74 Å². The van der Waals surface area contributed by atoms with Gasteiger partial charge in [0.15, 0.2) is 0 Å². The van der Waals surface area contributed by atoms with Gasteiger partial charge in [-0.15, -0.1) is 5.06 Å². The number of hydrogen-bond acceptors (Lipinski definition) is 7. The molecule has 2 aromatic carbocycles. The van der Waals surface area contributed by atoms with Crippen LogP contribution in [0.15, 0.2) is 47.5 Å². The van der Waals surface area contributed by atoms with Gasteiger partial charge < -0.3 is 24.2 Å². The van der Waals surface area contributed by atoms with Gasteiger partial charge in [-0.3, -0.25) is 19.2 Å². The number of rotatable bonds is 5. The molecule has 0 atom stereocenters. The third-order valence-corrected chi connectivity index (χ3v) is 7.46. The van der Waals surface area contributed by atoms with Crippen molar-refractivity contribution in [3.63, 3.8) is 0 Å². The monoisotopic (exact) mass is 645 g/mol. The number of amides is 4. The predicted octanol–water partition coefficient (Wildman–Crippen LogP) is 3.65. The second-order valence-electron chi connectivity index (χ2n) is 11.9. The van der Waals surface area contributed by atoms with Crippen molar-refractivity contribution in [3.8, 4) is 5.75 Å². The molecule has 5 rings (SSSR count). The molecule has 1 fully saturated rings. The summed E-state index contributed by atoms with van der Waals surface area (Å²) >= 11 is 0. The lowest BCUT2D eigenvalue weighted by Gasteiger charge is -2.41. The number of guanidine groups is 1. The number of benzene rings is 2. The highest BCUT2D eigenvalue weighted by molar-refractivity contribution is 6.20. The van der Waals surface area contributed by atoms with Crippen LogP contribution in [-0.2, 0) is 27.3 Å². The number of aliphatic imine (C=N–C) groups is 1. The number of hydrogen-bond donors (Lipinski definition) is 0. The van der Waals surface area contributed by atoms with Gasteiger partial charge in [-0.1, -0.05) is 18.2 Å². The first kappa shape index (κ1) is 32.7. The fourth-order valence-corrected chi connectivity index (χ4v) is 5.27. The fraction of sp³-hybridized carbons (Fsp3) is 0.452. The molecule has 3 aliphatic heterocycles. The Morgan fingerprint density at radius 3 is 2.07 bits per heavy atom. The molecule has 0 radical (unpaired) electrons. The molecule has 0 bridgehead atoms. The van der Waals surface area contributed by atoms with Crippen molar-refractivity contribution in [1.82, 2.24) is 19.8 Å². The Kier molecular flexibility index (Phi) is 9.24. The molecule has 0 aromatic heterocycles. The van der Waals surface area contributed by atoms with E-state index in [-0.39, 0.29) is 69.6 Å². The number of fused-ring (bicyclic) bond motifs is 2. The Balaban J connectivity index is 1.19. The number of piperazine rings is 1. The van der Waals surface area contributed by atoms with E-state index in [9.17, 15) is 32.3 Å². The second-order valence-corrected chi connectivity index (χ2v) is 11.9. The number of alkyl halides is 3. The van der Waals surface area contributed by atoms with Gasteiger partial charge in [0.2, 0.25) is 5.96 Å². The van der Waals surface area contributed by atoms with Crippen LogP contribution in [0.3, 0.4) is 0 Å². The van der Waals surface area contributed by atoms with E-state index in [1.54, 1.807) is 67.0 Å². The van der Waals surface area contributed by atoms with Crippen LogP contribution >= 0.6 is 0 Å². The van der Waals surface area contributed by atoms with Crippen molar-refractivity contribution < 1.29 is 46.7 Å². The second kappa shape index (κ2) is 13.0. The highest BCUT2D eigenvalue weighted by atomic mass is 19.4. The highest BCUT2D eigenvalue weighted by Crippen LogP contribution is 2.27. The van der Waals surface area contributed by atoms with Crippen molar-refractivity contribution >= 4 is 29.8 Å². The zero-order valence-corrected chi connectivity index (χ0v) is 25.6. The summed E-state index contributed by atoms with van der Waals surface area (Å²) in [4.78, 5) is 62.9. The predicted molar refractivity (Wildman–Crippen MR) is 157 cm³/mol. The number of halogens is 3. The quantitative estimate of drug-likeness (QED) is 0.208. The summed E-state index contributed by atoms with van der Waals surface area (Å²) < 4.78 is 50.9. The first-order valence-electron chi connectivity index (χ1n) is 14.7. The summed E-state index contributed by atoms with van der Waals surface area (Å²) in [6.45, 7) is 6.42. The first-order chi connectivity index (χ1) is 21.7. The summed E-state index contributed by atoms with van der Waals surface area (Å²) in [5.41, 5.74) is 1.58. The number of carbonyl (C=O) groups is 4. The van der Waals surface area contributed by atoms with E-state index in [1.807, 2.05) is 6.07 Å². The minimum atomic E-state index is -5.13. The van der Waals surface area contributed by atoms with Crippen LogP contribution in [-0.4, -0.2) is 107 Å². The average Bonchev–Trinajstić information content (AvgIpc) is 3.25. The van der Waals surface area contributed by atoms with Gasteiger partial charge in [-0.2, -0.15) is 18.2 Å². The maximum absolute atomic E-state index is 13.2. The lowest BCUT2D eigenvalue weighted by atomic mass is 9.99. The number of imide groups is 1. The van der Waals surface area contributed by atoms with Crippen LogP contribution in [0.2, 0.25) is 0 Å². The molecule has 12 nitrogen and oxygen atoms in total. The molecule has 4 amide bonds. The van der Waals surface area contributed by atoms with E-state index in [4.69, 9.17) is 14.3 Å². The molecule has 3 heterocycles. The van der Waals surface area contributed by atoms with Gasteiger partial charge in [0.1, 0.15) is 24.6 Å². The summed E-state index contributed by atoms with van der Waals surface area (Å²) in [5.74, 6) is -2.86. The Bertz CT molecular complexity index is 1510. The minimum Gasteiger partial charge on any atom is -0.491 e. The van der Waals surface area contributed by atoms with E-state index in [2.05, 4.69) is 4.99 Å². The normalized spacial score (nSPS) is 17.2. The topological polar surface area (TPSA) is 121 Å². The molecule has 0 unspecified atom stereocenters. The Morgan fingerprint density at radius 1 is 0.826 bits per heavy atom. The third-order valence-electron chi connectivity index (χ3n) is 7.46. The Morgan fingerprint density at radius 2 is 1.46 bits per heavy atom. The molecule has 0 saturated carbocycles. The van der Waals surface area contributed by atoms with Crippen LogP contribution in [0.25, 0.3) is 0 Å². The van der Waals surface area contributed by atoms with E-state index >= 15 is 0 Å². The number of nitrogens with zero attached hydrogens (tertiary/aromatic N) is 5. The van der Waals surface area contributed by atoms with Crippen molar-refractivity contribution in [2.75, 3.05) is 45.9 Å². The lowest BCUT2D eigenvalue weighted by molar-refractivity contribution is -0.169. The molecule has 246 valence electrons. The Labute approximate surface area is 263 Å². The Hall–Kier alpha value is -4.66.